The molecule has 0 radical (unpaired) electrons. The van der Waals surface area contributed by atoms with Crippen LogP contribution in [0.5, 0.6) is 0 Å². The average molecular weight is 345 g/mol. The molecule has 17 heavy (non-hydrogen) atoms. The molecular formula is C15H30OSn. The van der Waals surface area contributed by atoms with Crippen molar-refractivity contribution in [2.45, 2.75) is 72.6 Å². The van der Waals surface area contributed by atoms with Gasteiger partial charge in [0.05, 0.1) is 0 Å². The molecule has 0 bridgehead atoms. The van der Waals surface area contributed by atoms with E-state index in [4.69, 9.17) is 5.11 Å². The van der Waals surface area contributed by atoms with Gasteiger partial charge in [0.2, 0.25) is 0 Å². The molecule has 0 atom stereocenters. The zero-order valence-electron chi connectivity index (χ0n) is 12.0. The van der Waals surface area contributed by atoms with E-state index in [0.717, 1.165) is 0 Å². The van der Waals surface area contributed by atoms with Gasteiger partial charge in [0.25, 0.3) is 0 Å². The van der Waals surface area contributed by atoms with Crippen molar-refractivity contribution in [2.24, 2.45) is 0 Å². The fourth-order valence-electron chi connectivity index (χ4n) is 2.34. The van der Waals surface area contributed by atoms with Gasteiger partial charge in [0.15, 0.2) is 0 Å². The SMILES string of the molecule is CCC[CH2][Sn]([C]#CCO)([CH2]CCC)[CH2]CCC. The molecule has 0 aromatic carbocycles. The van der Waals surface area contributed by atoms with Gasteiger partial charge < -0.3 is 0 Å². The maximum atomic E-state index is 8.97. The quantitative estimate of drug-likeness (QED) is 0.486. The topological polar surface area (TPSA) is 20.2 Å². The van der Waals surface area contributed by atoms with Gasteiger partial charge in [0, 0.05) is 0 Å². The van der Waals surface area contributed by atoms with E-state index < -0.39 is 18.4 Å². The molecule has 0 aliphatic rings. The molecule has 0 aromatic rings. The summed E-state index contributed by atoms with van der Waals surface area (Å²) in [5.74, 6) is 3.01. The van der Waals surface area contributed by atoms with Crippen LogP contribution in [-0.4, -0.2) is 30.1 Å². The molecule has 0 saturated heterocycles. The van der Waals surface area contributed by atoms with Crippen LogP contribution in [0.4, 0.5) is 0 Å². The Labute approximate surface area is 112 Å². The number of aliphatic hydroxyl groups is 1. The van der Waals surface area contributed by atoms with Crippen molar-refractivity contribution in [1.82, 2.24) is 0 Å². The van der Waals surface area contributed by atoms with Crippen LogP contribution in [0.15, 0.2) is 0 Å². The second kappa shape index (κ2) is 11.4. The van der Waals surface area contributed by atoms with E-state index in [9.17, 15) is 0 Å². The Morgan fingerprint density at radius 3 is 1.53 bits per heavy atom. The minimum atomic E-state index is -2.21. The van der Waals surface area contributed by atoms with Crippen molar-refractivity contribution in [3.63, 3.8) is 0 Å². The molecule has 0 aromatic heterocycles. The van der Waals surface area contributed by atoms with E-state index in [1.165, 1.54) is 51.8 Å². The normalized spacial score (nSPS) is 11.1. The zero-order chi connectivity index (χ0) is 13.0. The van der Waals surface area contributed by atoms with E-state index in [-0.39, 0.29) is 6.61 Å². The number of rotatable bonds is 9. The Bertz CT molecular complexity index is 205. The first-order valence-electron chi connectivity index (χ1n) is 7.35. The predicted molar refractivity (Wildman–Crippen MR) is 79.8 cm³/mol. The van der Waals surface area contributed by atoms with Crippen molar-refractivity contribution in [3.05, 3.63) is 0 Å². The first-order valence-corrected chi connectivity index (χ1v) is 14.8. The summed E-state index contributed by atoms with van der Waals surface area (Å²) in [6.45, 7) is 6.88. The molecule has 1 N–H and O–H groups in total. The van der Waals surface area contributed by atoms with Gasteiger partial charge in [-0.2, -0.15) is 0 Å². The Hall–Kier alpha value is 0.319. The molecule has 0 aliphatic heterocycles. The summed E-state index contributed by atoms with van der Waals surface area (Å²) in [6, 6.07) is 0. The molecular weight excluding hydrogens is 315 g/mol. The molecule has 2 heteroatoms. The molecule has 0 saturated carbocycles. The molecule has 0 fully saturated rings. The van der Waals surface area contributed by atoms with Gasteiger partial charge in [-0.05, 0) is 0 Å². The van der Waals surface area contributed by atoms with Crippen LogP contribution >= 0.6 is 0 Å². The van der Waals surface area contributed by atoms with Crippen LogP contribution in [0.25, 0.3) is 0 Å². The van der Waals surface area contributed by atoms with Crippen LogP contribution < -0.4 is 0 Å². The van der Waals surface area contributed by atoms with E-state index in [2.05, 4.69) is 30.6 Å². The molecule has 0 spiro atoms. The fourth-order valence-corrected chi connectivity index (χ4v) is 15.7. The first-order chi connectivity index (χ1) is 8.24. The van der Waals surface area contributed by atoms with Crippen LogP contribution in [-0.2, 0) is 0 Å². The van der Waals surface area contributed by atoms with E-state index >= 15 is 0 Å². The maximum absolute atomic E-state index is 8.97. The molecule has 0 aliphatic carbocycles. The number of aliphatic hydroxyl groups excluding tert-OH is 1. The predicted octanol–water partition coefficient (Wildman–Crippen LogP) is 4.37. The fraction of sp³-hybridized carbons (Fsp3) is 0.867. The van der Waals surface area contributed by atoms with E-state index in [1.54, 1.807) is 0 Å². The third-order valence-electron chi connectivity index (χ3n) is 3.46. The summed E-state index contributed by atoms with van der Waals surface area (Å²) in [5.41, 5.74) is 0. The summed E-state index contributed by atoms with van der Waals surface area (Å²) < 4.78 is 7.84. The van der Waals surface area contributed by atoms with Crippen LogP contribution in [0.3, 0.4) is 0 Å². The Balaban J connectivity index is 4.63. The second-order valence-electron chi connectivity index (χ2n) is 5.05. The Kier molecular flexibility index (Phi) is 11.6. The molecule has 0 amide bonds. The summed E-state index contributed by atoms with van der Waals surface area (Å²) in [4.78, 5) is 0. The average Bonchev–Trinajstić information content (AvgIpc) is 2.37. The molecule has 0 rings (SSSR count). The van der Waals surface area contributed by atoms with E-state index in [0.29, 0.717) is 0 Å². The molecule has 0 heterocycles. The first kappa shape index (κ1) is 17.3. The summed E-state index contributed by atoms with van der Waals surface area (Å²) in [5, 5.41) is 8.97. The summed E-state index contributed by atoms with van der Waals surface area (Å²) in [6.07, 6.45) is 7.92. The number of hydrogen-bond acceptors (Lipinski definition) is 1. The van der Waals surface area contributed by atoms with Crippen molar-refractivity contribution < 1.29 is 5.11 Å². The van der Waals surface area contributed by atoms with Crippen LogP contribution in [0.1, 0.15) is 59.3 Å². The zero-order valence-corrected chi connectivity index (χ0v) is 14.9. The standard InChI is InChI=1S/3C4H9.C3H3O.Sn/c3*1-3-4-2;1-2-3-4;/h3*1,3-4H2,2H3;4H,3H2;. The Morgan fingerprint density at radius 2 is 1.24 bits per heavy atom. The van der Waals surface area contributed by atoms with Gasteiger partial charge in [-0.1, -0.05) is 0 Å². The van der Waals surface area contributed by atoms with Gasteiger partial charge in [0.1, 0.15) is 0 Å². The second-order valence-corrected chi connectivity index (χ2v) is 17.4. The van der Waals surface area contributed by atoms with Crippen molar-refractivity contribution in [2.75, 3.05) is 6.61 Å². The monoisotopic (exact) mass is 346 g/mol. The Morgan fingerprint density at radius 1 is 0.824 bits per heavy atom. The van der Waals surface area contributed by atoms with Crippen molar-refractivity contribution in [3.8, 4) is 9.86 Å². The third kappa shape index (κ3) is 8.10. The van der Waals surface area contributed by atoms with E-state index in [1.807, 2.05) is 0 Å². The number of hydrogen-bond donors (Lipinski definition) is 1. The van der Waals surface area contributed by atoms with Gasteiger partial charge in [-0.25, -0.2) is 0 Å². The van der Waals surface area contributed by atoms with Crippen molar-refractivity contribution >= 4 is 18.4 Å². The van der Waals surface area contributed by atoms with Gasteiger partial charge >= 0.3 is 113 Å². The summed E-state index contributed by atoms with van der Waals surface area (Å²) >= 11 is -2.21. The van der Waals surface area contributed by atoms with Gasteiger partial charge in [-0.15, -0.1) is 0 Å². The molecule has 1 nitrogen and oxygen atoms in total. The van der Waals surface area contributed by atoms with Crippen LogP contribution in [0, 0.1) is 9.86 Å². The number of unbranched alkanes of at least 4 members (excludes halogenated alkanes) is 3. The molecule has 0 unspecified atom stereocenters. The van der Waals surface area contributed by atoms with Crippen LogP contribution in [0.2, 0.25) is 13.3 Å². The summed E-state index contributed by atoms with van der Waals surface area (Å²) in [7, 11) is 0. The third-order valence-corrected chi connectivity index (χ3v) is 16.7. The minimum absolute atomic E-state index is 0.0586. The van der Waals surface area contributed by atoms with Gasteiger partial charge in [-0.3, -0.25) is 0 Å². The van der Waals surface area contributed by atoms with Crippen molar-refractivity contribution in [1.29, 1.82) is 0 Å². The molecule has 100 valence electrons.